The van der Waals surface area contributed by atoms with Crippen LogP contribution in [-0.2, 0) is 0 Å². The van der Waals surface area contributed by atoms with E-state index in [0.29, 0.717) is 6.04 Å². The standard InChI is InChI=1S/C11H25N/c1-5-6-7-8-11(9(2)3)10(4)12/h9-11H,5-8,12H2,1-4H3. The first-order valence-corrected chi connectivity index (χ1v) is 5.35. The first kappa shape index (κ1) is 12.0. The molecule has 2 atom stereocenters. The summed E-state index contributed by atoms with van der Waals surface area (Å²) < 4.78 is 0. The molecule has 0 aromatic rings. The van der Waals surface area contributed by atoms with E-state index in [1.54, 1.807) is 0 Å². The van der Waals surface area contributed by atoms with Crippen LogP contribution in [0.2, 0.25) is 0 Å². The topological polar surface area (TPSA) is 26.0 Å². The van der Waals surface area contributed by atoms with Gasteiger partial charge in [0.15, 0.2) is 0 Å². The van der Waals surface area contributed by atoms with Crippen LogP contribution in [0.3, 0.4) is 0 Å². The van der Waals surface area contributed by atoms with Crippen molar-refractivity contribution >= 4 is 0 Å². The molecule has 0 saturated carbocycles. The van der Waals surface area contributed by atoms with Crippen molar-refractivity contribution in [1.29, 1.82) is 0 Å². The van der Waals surface area contributed by atoms with Crippen molar-refractivity contribution < 1.29 is 0 Å². The monoisotopic (exact) mass is 171 g/mol. The Morgan fingerprint density at radius 2 is 1.67 bits per heavy atom. The van der Waals surface area contributed by atoms with E-state index in [9.17, 15) is 0 Å². The van der Waals surface area contributed by atoms with Gasteiger partial charge in [-0.15, -0.1) is 0 Å². The molecule has 0 spiro atoms. The average Bonchev–Trinajstić information content (AvgIpc) is 1.96. The van der Waals surface area contributed by atoms with Crippen LogP contribution in [0.1, 0.15) is 53.4 Å². The maximum absolute atomic E-state index is 5.92. The Morgan fingerprint density at radius 3 is 2.00 bits per heavy atom. The Hall–Kier alpha value is -0.0400. The van der Waals surface area contributed by atoms with E-state index in [0.717, 1.165) is 11.8 Å². The predicted octanol–water partition coefficient (Wildman–Crippen LogP) is 3.19. The van der Waals surface area contributed by atoms with Gasteiger partial charge >= 0.3 is 0 Å². The number of unbranched alkanes of at least 4 members (excludes halogenated alkanes) is 2. The van der Waals surface area contributed by atoms with Gasteiger partial charge in [0, 0.05) is 6.04 Å². The minimum Gasteiger partial charge on any atom is -0.328 e. The van der Waals surface area contributed by atoms with Crippen molar-refractivity contribution in [1.82, 2.24) is 0 Å². The van der Waals surface area contributed by atoms with E-state index in [2.05, 4.69) is 27.7 Å². The molecule has 0 radical (unpaired) electrons. The van der Waals surface area contributed by atoms with Crippen molar-refractivity contribution in [3.63, 3.8) is 0 Å². The Morgan fingerprint density at radius 1 is 1.08 bits per heavy atom. The van der Waals surface area contributed by atoms with Crippen molar-refractivity contribution in [2.24, 2.45) is 17.6 Å². The molecule has 1 heteroatoms. The van der Waals surface area contributed by atoms with Gasteiger partial charge in [0.25, 0.3) is 0 Å². The summed E-state index contributed by atoms with van der Waals surface area (Å²) in [6.45, 7) is 8.94. The Bertz CT molecular complexity index is 89.2. The molecule has 0 aliphatic rings. The first-order chi connectivity index (χ1) is 5.59. The van der Waals surface area contributed by atoms with Crippen LogP contribution in [0.5, 0.6) is 0 Å². The summed E-state index contributed by atoms with van der Waals surface area (Å²) in [5.74, 6) is 1.46. The third-order valence-electron chi connectivity index (χ3n) is 2.67. The normalized spacial score (nSPS) is 16.5. The van der Waals surface area contributed by atoms with E-state index in [1.807, 2.05) is 0 Å². The minimum absolute atomic E-state index is 0.363. The highest BCUT2D eigenvalue weighted by Gasteiger charge is 2.16. The third kappa shape index (κ3) is 4.76. The summed E-state index contributed by atoms with van der Waals surface area (Å²) in [6.07, 6.45) is 5.32. The zero-order chi connectivity index (χ0) is 9.56. The summed E-state index contributed by atoms with van der Waals surface area (Å²) in [5, 5.41) is 0. The number of rotatable bonds is 6. The summed E-state index contributed by atoms with van der Waals surface area (Å²) >= 11 is 0. The van der Waals surface area contributed by atoms with Crippen molar-refractivity contribution in [2.75, 3.05) is 0 Å². The smallest absolute Gasteiger partial charge is 0.00412 e. The average molecular weight is 171 g/mol. The maximum Gasteiger partial charge on any atom is 0.00412 e. The molecule has 0 rings (SSSR count). The molecular weight excluding hydrogens is 146 g/mol. The molecule has 74 valence electrons. The molecule has 0 aliphatic carbocycles. The lowest BCUT2D eigenvalue weighted by molar-refractivity contribution is 0.301. The molecule has 0 aliphatic heterocycles. The maximum atomic E-state index is 5.92. The van der Waals surface area contributed by atoms with Crippen LogP contribution < -0.4 is 5.73 Å². The largest absolute Gasteiger partial charge is 0.328 e. The fourth-order valence-corrected chi connectivity index (χ4v) is 1.83. The molecule has 0 heterocycles. The van der Waals surface area contributed by atoms with Crippen LogP contribution in [0.15, 0.2) is 0 Å². The SMILES string of the molecule is CCCCCC(C(C)C)C(C)N. The van der Waals surface area contributed by atoms with Crippen LogP contribution >= 0.6 is 0 Å². The fourth-order valence-electron chi connectivity index (χ4n) is 1.83. The fraction of sp³-hybridized carbons (Fsp3) is 1.00. The first-order valence-electron chi connectivity index (χ1n) is 5.35. The van der Waals surface area contributed by atoms with E-state index < -0.39 is 0 Å². The van der Waals surface area contributed by atoms with Crippen LogP contribution in [0.4, 0.5) is 0 Å². The molecule has 0 saturated heterocycles. The molecule has 0 aromatic carbocycles. The number of nitrogens with two attached hydrogens (primary N) is 1. The zero-order valence-corrected chi connectivity index (χ0v) is 9.14. The quantitative estimate of drug-likeness (QED) is 0.610. The molecule has 1 nitrogen and oxygen atoms in total. The number of hydrogen-bond acceptors (Lipinski definition) is 1. The van der Waals surface area contributed by atoms with Gasteiger partial charge in [-0.25, -0.2) is 0 Å². The minimum atomic E-state index is 0.363. The number of hydrogen-bond donors (Lipinski definition) is 1. The van der Waals surface area contributed by atoms with Crippen LogP contribution in [0, 0.1) is 11.8 Å². The van der Waals surface area contributed by atoms with Crippen LogP contribution in [0.25, 0.3) is 0 Å². The highest BCUT2D eigenvalue weighted by molar-refractivity contribution is 4.71. The molecule has 0 bridgehead atoms. The molecule has 2 unspecified atom stereocenters. The Kier molecular flexibility index (Phi) is 6.45. The highest BCUT2D eigenvalue weighted by atomic mass is 14.6. The van der Waals surface area contributed by atoms with Gasteiger partial charge in [-0.05, 0) is 25.2 Å². The van der Waals surface area contributed by atoms with Gasteiger partial charge in [0.05, 0.1) is 0 Å². The second kappa shape index (κ2) is 6.47. The van der Waals surface area contributed by atoms with E-state index in [4.69, 9.17) is 5.73 Å². The predicted molar refractivity (Wildman–Crippen MR) is 56.1 cm³/mol. The second-order valence-corrected chi connectivity index (χ2v) is 4.26. The lowest BCUT2D eigenvalue weighted by Crippen LogP contribution is -2.30. The van der Waals surface area contributed by atoms with E-state index in [1.165, 1.54) is 25.7 Å². The van der Waals surface area contributed by atoms with Gasteiger partial charge in [-0.2, -0.15) is 0 Å². The molecule has 2 N–H and O–H groups in total. The molecule has 0 aromatic heterocycles. The van der Waals surface area contributed by atoms with Gasteiger partial charge < -0.3 is 5.73 Å². The summed E-state index contributed by atoms with van der Waals surface area (Å²) in [6, 6.07) is 0.363. The van der Waals surface area contributed by atoms with Gasteiger partial charge in [0.2, 0.25) is 0 Å². The van der Waals surface area contributed by atoms with E-state index in [-0.39, 0.29) is 0 Å². The van der Waals surface area contributed by atoms with E-state index >= 15 is 0 Å². The summed E-state index contributed by atoms with van der Waals surface area (Å²) in [5.41, 5.74) is 5.92. The summed E-state index contributed by atoms with van der Waals surface area (Å²) in [4.78, 5) is 0. The molecule has 12 heavy (non-hydrogen) atoms. The van der Waals surface area contributed by atoms with Gasteiger partial charge in [0.1, 0.15) is 0 Å². The zero-order valence-electron chi connectivity index (χ0n) is 9.14. The summed E-state index contributed by atoms with van der Waals surface area (Å²) in [7, 11) is 0. The lowest BCUT2D eigenvalue weighted by atomic mass is 9.85. The highest BCUT2D eigenvalue weighted by Crippen LogP contribution is 2.21. The molecule has 0 amide bonds. The second-order valence-electron chi connectivity index (χ2n) is 4.26. The van der Waals surface area contributed by atoms with Crippen molar-refractivity contribution in [3.05, 3.63) is 0 Å². The lowest BCUT2D eigenvalue weighted by Gasteiger charge is -2.24. The Balaban J connectivity index is 3.64. The third-order valence-corrected chi connectivity index (χ3v) is 2.67. The van der Waals surface area contributed by atoms with Gasteiger partial charge in [-0.3, -0.25) is 0 Å². The van der Waals surface area contributed by atoms with Crippen molar-refractivity contribution in [3.8, 4) is 0 Å². The van der Waals surface area contributed by atoms with Crippen LogP contribution in [-0.4, -0.2) is 6.04 Å². The molecule has 0 fully saturated rings. The molecular formula is C11H25N. The van der Waals surface area contributed by atoms with Crippen molar-refractivity contribution in [2.45, 2.75) is 59.4 Å². The Labute approximate surface area is 77.7 Å². The van der Waals surface area contributed by atoms with Gasteiger partial charge in [-0.1, -0.05) is 40.0 Å².